The number of pyridine rings is 1. The average Bonchev–Trinajstić information content (AvgIpc) is 3.58. The van der Waals surface area contributed by atoms with Gasteiger partial charge in [0.2, 0.25) is 17.6 Å². The largest absolute Gasteiger partial charge is 0.339 e. The quantitative estimate of drug-likeness (QED) is 0.375. The van der Waals surface area contributed by atoms with Crippen LogP contribution in [0.5, 0.6) is 0 Å². The number of carbonyl (C=O) groups excluding carboxylic acids is 2. The zero-order valence-corrected chi connectivity index (χ0v) is 19.9. The Hall–Kier alpha value is -4.31. The molecule has 1 aromatic carbocycles. The highest BCUT2D eigenvalue weighted by molar-refractivity contribution is 6.32. The molecule has 11 heteroatoms. The van der Waals surface area contributed by atoms with E-state index < -0.39 is 0 Å². The summed E-state index contributed by atoms with van der Waals surface area (Å²) in [6.45, 7) is 4.78. The summed E-state index contributed by atoms with van der Waals surface area (Å²) in [6, 6.07) is 12.2. The molecule has 1 aliphatic rings. The summed E-state index contributed by atoms with van der Waals surface area (Å²) in [5, 5.41) is 14.0. The van der Waals surface area contributed by atoms with E-state index >= 15 is 0 Å². The van der Waals surface area contributed by atoms with Crippen molar-refractivity contribution in [3.63, 3.8) is 0 Å². The number of likely N-dealkylation sites (tertiary alicyclic amines) is 1. The number of nitrogens with one attached hydrogen (secondary N) is 2. The van der Waals surface area contributed by atoms with Crippen LogP contribution in [-0.2, 0) is 4.79 Å². The van der Waals surface area contributed by atoms with Crippen molar-refractivity contribution in [3.05, 3.63) is 77.9 Å². The monoisotopic (exact) mass is 503 g/mol. The number of H-pyrrole nitrogens is 1. The van der Waals surface area contributed by atoms with Crippen LogP contribution in [0.15, 0.2) is 65.8 Å². The number of carbonyl (C=O) groups is 2. The number of aromatic nitrogens is 5. The van der Waals surface area contributed by atoms with E-state index in [2.05, 4.69) is 37.2 Å². The Balaban J connectivity index is 1.25. The summed E-state index contributed by atoms with van der Waals surface area (Å²) in [4.78, 5) is 35.4. The molecule has 10 nitrogen and oxygen atoms in total. The number of aromatic amines is 1. The Labute approximate surface area is 211 Å². The third kappa shape index (κ3) is 4.89. The van der Waals surface area contributed by atoms with Crippen molar-refractivity contribution in [2.45, 2.75) is 18.8 Å². The first-order valence-electron chi connectivity index (χ1n) is 11.3. The smallest absolute Gasteiger partial charge is 0.274 e. The number of benzene rings is 1. The third-order valence-corrected chi connectivity index (χ3v) is 6.22. The molecule has 3 aromatic heterocycles. The second-order valence-electron chi connectivity index (χ2n) is 8.32. The van der Waals surface area contributed by atoms with Crippen LogP contribution in [0.2, 0.25) is 5.02 Å². The number of nitrogens with zero attached hydrogens (tertiary/aromatic N) is 5. The minimum Gasteiger partial charge on any atom is -0.339 e. The molecule has 36 heavy (non-hydrogen) atoms. The molecule has 0 unspecified atom stereocenters. The highest BCUT2D eigenvalue weighted by Crippen LogP contribution is 2.28. The second kappa shape index (κ2) is 10.1. The van der Waals surface area contributed by atoms with Gasteiger partial charge < -0.3 is 14.7 Å². The maximum absolute atomic E-state index is 12.7. The van der Waals surface area contributed by atoms with Gasteiger partial charge in [0.05, 0.1) is 22.8 Å². The standard InChI is InChI=1S/C25H22ClN7O3/c1-2-21(34)33-12-4-5-16(14-33)25-30-23(32-36-25)15-8-10-17(11-9-15)28-24(35)20-7-3-6-19(29-20)22-18(26)13-27-31-22/h2-3,6-11,13,16H,1,4-5,12,14H2,(H,27,31)(H,28,35)/t16-/m0/s1. The molecule has 0 saturated carbocycles. The van der Waals surface area contributed by atoms with Crippen LogP contribution in [0.1, 0.15) is 35.1 Å². The van der Waals surface area contributed by atoms with Gasteiger partial charge in [-0.3, -0.25) is 14.7 Å². The lowest BCUT2D eigenvalue weighted by Gasteiger charge is -2.30. The maximum Gasteiger partial charge on any atom is 0.274 e. The molecule has 0 radical (unpaired) electrons. The fourth-order valence-electron chi connectivity index (χ4n) is 4.08. The molecule has 1 saturated heterocycles. The van der Waals surface area contributed by atoms with Crippen LogP contribution in [0.4, 0.5) is 5.69 Å². The van der Waals surface area contributed by atoms with Crippen LogP contribution < -0.4 is 5.32 Å². The number of hydrogen-bond donors (Lipinski definition) is 2. The summed E-state index contributed by atoms with van der Waals surface area (Å²) in [6.07, 6.45) is 4.54. The predicted molar refractivity (Wildman–Crippen MR) is 133 cm³/mol. The first-order valence-corrected chi connectivity index (χ1v) is 11.7. The van der Waals surface area contributed by atoms with Gasteiger partial charge in [0.1, 0.15) is 11.4 Å². The Kier molecular flexibility index (Phi) is 6.59. The summed E-state index contributed by atoms with van der Waals surface area (Å²) >= 11 is 6.10. The lowest BCUT2D eigenvalue weighted by molar-refractivity contribution is -0.127. The molecule has 2 N–H and O–H groups in total. The van der Waals surface area contributed by atoms with Gasteiger partial charge in [0.15, 0.2) is 0 Å². The maximum atomic E-state index is 12.7. The minimum atomic E-state index is -0.363. The van der Waals surface area contributed by atoms with Crippen LogP contribution in [0, 0.1) is 0 Å². The molecular formula is C25H22ClN7O3. The van der Waals surface area contributed by atoms with Gasteiger partial charge in [-0.2, -0.15) is 10.1 Å². The molecule has 1 aliphatic heterocycles. The van der Waals surface area contributed by atoms with Gasteiger partial charge in [-0.1, -0.05) is 29.4 Å². The Morgan fingerprint density at radius 2 is 2.03 bits per heavy atom. The fourth-order valence-corrected chi connectivity index (χ4v) is 4.26. The van der Waals surface area contributed by atoms with E-state index in [-0.39, 0.29) is 23.4 Å². The zero-order valence-electron chi connectivity index (χ0n) is 19.1. The van der Waals surface area contributed by atoms with E-state index in [1.54, 1.807) is 47.4 Å². The fraction of sp³-hybridized carbons (Fsp3) is 0.200. The van der Waals surface area contributed by atoms with Crippen molar-refractivity contribution in [1.29, 1.82) is 0 Å². The molecule has 0 aliphatic carbocycles. The van der Waals surface area contributed by atoms with Crippen molar-refractivity contribution in [2.24, 2.45) is 0 Å². The van der Waals surface area contributed by atoms with E-state index in [0.717, 1.165) is 18.4 Å². The number of amides is 2. The van der Waals surface area contributed by atoms with Gasteiger partial charge >= 0.3 is 0 Å². The summed E-state index contributed by atoms with van der Waals surface area (Å²) in [5.74, 6) is 0.484. The lowest BCUT2D eigenvalue weighted by Crippen LogP contribution is -2.38. The van der Waals surface area contributed by atoms with E-state index in [1.165, 1.54) is 12.3 Å². The molecular weight excluding hydrogens is 482 g/mol. The number of anilines is 1. The third-order valence-electron chi connectivity index (χ3n) is 5.93. The van der Waals surface area contributed by atoms with Crippen molar-refractivity contribution >= 4 is 29.1 Å². The zero-order chi connectivity index (χ0) is 25.1. The highest BCUT2D eigenvalue weighted by atomic mass is 35.5. The first kappa shape index (κ1) is 23.4. The Bertz CT molecular complexity index is 1410. The number of rotatable bonds is 6. The second-order valence-corrected chi connectivity index (χ2v) is 8.72. The van der Waals surface area contributed by atoms with Crippen LogP contribution >= 0.6 is 11.6 Å². The number of piperidine rings is 1. The highest BCUT2D eigenvalue weighted by Gasteiger charge is 2.27. The van der Waals surface area contributed by atoms with Crippen LogP contribution in [0.3, 0.4) is 0 Å². The van der Waals surface area contributed by atoms with Crippen LogP contribution in [0.25, 0.3) is 22.8 Å². The molecule has 5 rings (SSSR count). The number of hydrogen-bond acceptors (Lipinski definition) is 7. The van der Waals surface area contributed by atoms with E-state index in [0.29, 0.717) is 46.9 Å². The Morgan fingerprint density at radius 3 is 2.78 bits per heavy atom. The van der Waals surface area contributed by atoms with E-state index in [1.807, 2.05) is 0 Å². The molecule has 4 heterocycles. The first-order chi connectivity index (χ1) is 17.5. The average molecular weight is 504 g/mol. The molecule has 1 fully saturated rings. The Morgan fingerprint density at radius 1 is 1.19 bits per heavy atom. The van der Waals surface area contributed by atoms with Gasteiger partial charge in [-0.25, -0.2) is 4.98 Å². The van der Waals surface area contributed by atoms with Gasteiger partial charge in [-0.05, 0) is 55.3 Å². The van der Waals surface area contributed by atoms with Crippen molar-refractivity contribution < 1.29 is 14.1 Å². The molecule has 0 bridgehead atoms. The molecule has 1 atom stereocenters. The van der Waals surface area contributed by atoms with Gasteiger partial charge in [0.25, 0.3) is 5.91 Å². The van der Waals surface area contributed by atoms with Crippen molar-refractivity contribution in [1.82, 2.24) is 30.2 Å². The minimum absolute atomic E-state index is 0.0117. The summed E-state index contributed by atoms with van der Waals surface area (Å²) in [7, 11) is 0. The van der Waals surface area contributed by atoms with Crippen molar-refractivity contribution in [3.8, 4) is 22.8 Å². The van der Waals surface area contributed by atoms with E-state index in [9.17, 15) is 9.59 Å². The SMILES string of the molecule is C=CC(=O)N1CCC[C@H](c2nc(-c3ccc(NC(=O)c4cccc(-c5[nH]ncc5Cl)n4)cc3)no2)C1. The van der Waals surface area contributed by atoms with Crippen LogP contribution in [-0.4, -0.2) is 55.1 Å². The van der Waals surface area contributed by atoms with Gasteiger partial charge in [-0.15, -0.1) is 0 Å². The molecule has 2 amide bonds. The lowest BCUT2D eigenvalue weighted by atomic mass is 9.98. The molecule has 0 spiro atoms. The normalized spacial score (nSPS) is 15.5. The predicted octanol–water partition coefficient (Wildman–Crippen LogP) is 4.32. The van der Waals surface area contributed by atoms with Gasteiger partial charge in [0, 0.05) is 24.3 Å². The van der Waals surface area contributed by atoms with E-state index in [4.69, 9.17) is 16.1 Å². The summed E-state index contributed by atoms with van der Waals surface area (Å²) in [5.41, 5.74) is 2.63. The molecule has 4 aromatic rings. The topological polar surface area (TPSA) is 130 Å². The summed E-state index contributed by atoms with van der Waals surface area (Å²) < 4.78 is 5.50. The molecule has 182 valence electrons. The number of halogens is 1. The van der Waals surface area contributed by atoms with Crippen molar-refractivity contribution in [2.75, 3.05) is 18.4 Å².